The predicted octanol–water partition coefficient (Wildman–Crippen LogP) is 11.2. The van der Waals surface area contributed by atoms with Crippen LogP contribution >= 0.6 is 0 Å². The quantitative estimate of drug-likeness (QED) is 0.335. The smallest absolute Gasteiger partial charge is 0.154 e. The second kappa shape index (κ2) is 26.7. The molecular formula is C34H72O3. The zero-order valence-electron chi connectivity index (χ0n) is 22.4. The highest BCUT2D eigenvalue weighted by molar-refractivity contribution is 5.19. The Kier molecular flexibility index (Phi) is 33.2. The third-order valence-corrected chi connectivity index (χ3v) is 6.48. The third-order valence-electron chi connectivity index (χ3n) is 6.48. The Hall–Kier alpha value is -0.900. The first-order chi connectivity index (χ1) is 15.2. The maximum absolute atomic E-state index is 5.39. The highest BCUT2D eigenvalue weighted by Crippen LogP contribution is 2.27. The van der Waals surface area contributed by atoms with Crippen molar-refractivity contribution in [2.75, 3.05) is 19.8 Å². The van der Waals surface area contributed by atoms with Gasteiger partial charge in [0.1, 0.15) is 0 Å². The molecule has 1 aromatic rings. The van der Waals surface area contributed by atoms with Crippen molar-refractivity contribution in [3.8, 4) is 0 Å². The molecule has 0 amide bonds. The molecule has 37 heavy (non-hydrogen) atoms. The number of aryl methyl sites for hydroxylation is 2. The fourth-order valence-corrected chi connectivity index (χ4v) is 3.77. The number of rotatable bonds is 0. The number of hydrogen-bond acceptors (Lipinski definition) is 3. The van der Waals surface area contributed by atoms with E-state index in [1.54, 1.807) is 0 Å². The molecule has 226 valence electrons. The van der Waals surface area contributed by atoms with Crippen LogP contribution in [0.2, 0.25) is 0 Å². The molecule has 3 nitrogen and oxygen atoms in total. The first-order valence-corrected chi connectivity index (χ1v) is 13.0. The second-order valence-corrected chi connectivity index (χ2v) is 10.7. The minimum absolute atomic E-state index is 0. The van der Waals surface area contributed by atoms with Crippen LogP contribution in [0, 0.1) is 37.5 Å². The summed E-state index contributed by atoms with van der Waals surface area (Å²) in [7, 11) is 0. The monoisotopic (exact) mass is 529 g/mol. The molecule has 2 atom stereocenters. The molecule has 0 aromatic heterocycles. The van der Waals surface area contributed by atoms with Crippen LogP contribution in [0.5, 0.6) is 0 Å². The molecule has 1 aromatic carbocycles. The minimum atomic E-state index is 0. The molecule has 2 heterocycles. The molecule has 2 saturated heterocycles. The molecule has 0 N–H and O–H groups in total. The van der Waals surface area contributed by atoms with Gasteiger partial charge in [-0.25, -0.2) is 0 Å². The Morgan fingerprint density at radius 1 is 0.459 bits per heavy atom. The fourth-order valence-electron chi connectivity index (χ4n) is 3.77. The summed E-state index contributed by atoms with van der Waals surface area (Å²) in [6, 6.07) is 8.48. The molecule has 3 fully saturated rings. The van der Waals surface area contributed by atoms with E-state index in [4.69, 9.17) is 14.2 Å². The van der Waals surface area contributed by atoms with Crippen LogP contribution < -0.4 is 0 Å². The molecule has 4 rings (SSSR count). The number of benzene rings is 1. The van der Waals surface area contributed by atoms with Gasteiger partial charge in [0.25, 0.3) is 0 Å². The van der Waals surface area contributed by atoms with Crippen LogP contribution in [0.4, 0.5) is 0 Å². The number of hydrogen-bond donors (Lipinski definition) is 0. The van der Waals surface area contributed by atoms with Gasteiger partial charge in [-0.15, -0.1) is 0 Å². The third kappa shape index (κ3) is 25.2. The van der Waals surface area contributed by atoms with Crippen molar-refractivity contribution in [3.05, 3.63) is 35.4 Å². The summed E-state index contributed by atoms with van der Waals surface area (Å²) in [6.07, 6.45) is 9.03. The zero-order valence-corrected chi connectivity index (χ0v) is 22.4. The van der Waals surface area contributed by atoms with Crippen molar-refractivity contribution < 1.29 is 14.2 Å². The largest absolute Gasteiger partial charge is 0.378 e. The average molecular weight is 529 g/mol. The highest BCUT2D eigenvalue weighted by atomic mass is 16.7. The van der Waals surface area contributed by atoms with E-state index in [1.807, 2.05) is 6.92 Å². The van der Waals surface area contributed by atoms with Crippen LogP contribution in [0.1, 0.15) is 128 Å². The summed E-state index contributed by atoms with van der Waals surface area (Å²) in [5.41, 5.74) is 2.66. The van der Waals surface area contributed by atoms with Gasteiger partial charge in [-0.05, 0) is 58.3 Å². The van der Waals surface area contributed by atoms with Crippen LogP contribution in [0.25, 0.3) is 0 Å². The summed E-state index contributed by atoms with van der Waals surface area (Å²) in [5, 5.41) is 0. The van der Waals surface area contributed by atoms with E-state index in [0.717, 1.165) is 37.6 Å². The van der Waals surface area contributed by atoms with Gasteiger partial charge in [-0.2, -0.15) is 0 Å². The molecule has 1 saturated carbocycles. The Morgan fingerprint density at radius 2 is 0.784 bits per heavy atom. The van der Waals surface area contributed by atoms with E-state index in [2.05, 4.69) is 72.7 Å². The van der Waals surface area contributed by atoms with Crippen molar-refractivity contribution >= 4 is 0 Å². The lowest BCUT2D eigenvalue weighted by Crippen LogP contribution is -2.27. The van der Waals surface area contributed by atoms with E-state index >= 15 is 0 Å². The zero-order chi connectivity index (χ0) is 23.9. The van der Waals surface area contributed by atoms with Gasteiger partial charge in [0.2, 0.25) is 0 Å². The lowest BCUT2D eigenvalue weighted by molar-refractivity contribution is -0.187. The van der Waals surface area contributed by atoms with Crippen molar-refractivity contribution in [2.24, 2.45) is 23.7 Å². The Bertz CT molecular complexity index is 448. The topological polar surface area (TPSA) is 27.7 Å². The van der Waals surface area contributed by atoms with Crippen LogP contribution in [-0.4, -0.2) is 32.2 Å². The van der Waals surface area contributed by atoms with Gasteiger partial charge < -0.3 is 14.2 Å². The van der Waals surface area contributed by atoms with Gasteiger partial charge >= 0.3 is 0 Å². The van der Waals surface area contributed by atoms with Crippen molar-refractivity contribution in [1.82, 2.24) is 0 Å². The van der Waals surface area contributed by atoms with Gasteiger partial charge in [-0.1, -0.05) is 126 Å². The molecule has 2 aliphatic heterocycles. The van der Waals surface area contributed by atoms with Gasteiger partial charge in [0.05, 0.1) is 19.3 Å². The Balaban J connectivity index is -0.000000118. The van der Waals surface area contributed by atoms with Crippen molar-refractivity contribution in [2.45, 2.75) is 143 Å². The van der Waals surface area contributed by atoms with Crippen LogP contribution in [0.15, 0.2) is 24.3 Å². The molecule has 3 heteroatoms. The van der Waals surface area contributed by atoms with Gasteiger partial charge in [-0.3, -0.25) is 0 Å². The van der Waals surface area contributed by atoms with E-state index in [1.165, 1.54) is 49.7 Å². The average Bonchev–Trinajstić information content (AvgIpc) is 2.78. The second-order valence-electron chi connectivity index (χ2n) is 10.7. The summed E-state index contributed by atoms with van der Waals surface area (Å²) < 4.78 is 15.7. The molecule has 3 aliphatic rings. The SMILES string of the molecule is C.C.C.C.C.CC1CCC(C)CC1.CC1CCC(C)OC1.CC1COC(C)OC1.Cc1ccc(C)cc1. The van der Waals surface area contributed by atoms with E-state index in [-0.39, 0.29) is 43.4 Å². The van der Waals surface area contributed by atoms with Crippen LogP contribution in [0.3, 0.4) is 0 Å². The van der Waals surface area contributed by atoms with Crippen molar-refractivity contribution in [3.63, 3.8) is 0 Å². The summed E-state index contributed by atoms with van der Waals surface area (Å²) in [6.45, 7) is 20.0. The summed E-state index contributed by atoms with van der Waals surface area (Å²) >= 11 is 0. The van der Waals surface area contributed by atoms with E-state index in [0.29, 0.717) is 12.0 Å². The highest BCUT2D eigenvalue weighted by Gasteiger charge is 2.14. The minimum Gasteiger partial charge on any atom is -0.378 e. The molecule has 0 spiro atoms. The first-order valence-electron chi connectivity index (χ1n) is 13.0. The van der Waals surface area contributed by atoms with E-state index < -0.39 is 0 Å². The predicted molar refractivity (Wildman–Crippen MR) is 171 cm³/mol. The lowest BCUT2D eigenvalue weighted by Gasteiger charge is -2.24. The van der Waals surface area contributed by atoms with Gasteiger partial charge in [0, 0.05) is 12.5 Å². The maximum Gasteiger partial charge on any atom is 0.154 e. The van der Waals surface area contributed by atoms with E-state index in [9.17, 15) is 0 Å². The summed E-state index contributed by atoms with van der Waals surface area (Å²) in [4.78, 5) is 0. The normalized spacial score (nSPS) is 27.8. The summed E-state index contributed by atoms with van der Waals surface area (Å²) in [5.74, 6) is 3.41. The molecule has 0 radical (unpaired) electrons. The lowest BCUT2D eigenvalue weighted by atomic mass is 9.84. The number of ether oxygens (including phenoxy) is 3. The van der Waals surface area contributed by atoms with Crippen molar-refractivity contribution in [1.29, 1.82) is 0 Å². The van der Waals surface area contributed by atoms with Gasteiger partial charge in [0.15, 0.2) is 6.29 Å². The molecule has 2 unspecified atom stereocenters. The standard InChI is InChI=1S/C8H16.C8H10.C7H14O.C6H12O2.5CH4/c2*1-7-3-5-8(2)6-4-7;1-6-3-4-7(2)8-5-6;1-5-3-7-6(2)8-4-5;;;;;/h7-8H,3-6H2,1-2H3;3-6H,1-2H3;6-7H,3-5H2,1-2H3;5-6H,3-4H2,1-2H3;5*1H4. The molecule has 0 bridgehead atoms. The Morgan fingerprint density at radius 3 is 1.05 bits per heavy atom. The Labute approximate surface area is 236 Å². The fraction of sp³-hybridized carbons (Fsp3) is 0.824. The van der Waals surface area contributed by atoms with Crippen LogP contribution in [-0.2, 0) is 14.2 Å². The first kappa shape index (κ1) is 46.0. The maximum atomic E-state index is 5.39. The molecule has 1 aliphatic carbocycles. The molecular weight excluding hydrogens is 456 g/mol.